The average Bonchev–Trinajstić information content (AvgIpc) is 3.19. The molecule has 1 aliphatic carbocycles. The van der Waals surface area contributed by atoms with Gasteiger partial charge in [-0.1, -0.05) is 0 Å². The first-order valence-electron chi connectivity index (χ1n) is 8.42. The molecule has 4 rings (SSSR count). The molecule has 140 valence electrons. The smallest absolute Gasteiger partial charge is 0.337 e. The maximum absolute atomic E-state index is 13.0. The molecule has 11 heteroatoms. The van der Waals surface area contributed by atoms with E-state index in [1.165, 1.54) is 20.5 Å². The molecule has 26 heavy (non-hydrogen) atoms. The fourth-order valence-corrected chi connectivity index (χ4v) is 3.32. The number of H-pyrrole nitrogens is 1. The van der Waals surface area contributed by atoms with E-state index in [-0.39, 0.29) is 23.5 Å². The Hall–Kier alpha value is -2.59. The molecule has 0 radical (unpaired) electrons. The quantitative estimate of drug-likeness (QED) is 0.889. The Morgan fingerprint density at radius 2 is 1.85 bits per heavy atom. The zero-order chi connectivity index (χ0) is 18.5. The summed E-state index contributed by atoms with van der Waals surface area (Å²) in [5.74, 6) is -0.446. The Balaban J connectivity index is 1.51. The molecule has 0 aromatic carbocycles. The summed E-state index contributed by atoms with van der Waals surface area (Å²) in [6.07, 6.45) is -0.633. The number of rotatable bonds is 3. The van der Waals surface area contributed by atoms with Crippen molar-refractivity contribution >= 4 is 5.91 Å². The largest absolute Gasteiger partial charge is 0.435 e. The highest BCUT2D eigenvalue weighted by Crippen LogP contribution is 2.38. The van der Waals surface area contributed by atoms with Crippen LogP contribution >= 0.6 is 0 Å². The van der Waals surface area contributed by atoms with Crippen LogP contribution in [-0.2, 0) is 6.18 Å². The maximum atomic E-state index is 13.0. The molecule has 1 saturated carbocycles. The Kier molecular flexibility index (Phi) is 3.88. The number of carbonyl (C=O) groups is 1. The zero-order valence-corrected chi connectivity index (χ0v) is 13.7. The van der Waals surface area contributed by atoms with Crippen LogP contribution < -0.4 is 5.69 Å². The van der Waals surface area contributed by atoms with Gasteiger partial charge in [-0.3, -0.25) is 14.0 Å². The van der Waals surface area contributed by atoms with Gasteiger partial charge in [0.15, 0.2) is 5.69 Å². The van der Waals surface area contributed by atoms with Gasteiger partial charge in [-0.15, -0.1) is 0 Å². The summed E-state index contributed by atoms with van der Waals surface area (Å²) in [6, 6.07) is 0.629. The highest BCUT2D eigenvalue weighted by molar-refractivity contribution is 5.93. The summed E-state index contributed by atoms with van der Waals surface area (Å²) < 4.78 is 41.6. The molecule has 0 bridgehead atoms. The first-order chi connectivity index (χ1) is 12.3. The molecule has 3 heterocycles. The van der Waals surface area contributed by atoms with Crippen LogP contribution in [0.2, 0.25) is 0 Å². The van der Waals surface area contributed by atoms with Crippen LogP contribution in [0.1, 0.15) is 53.9 Å². The van der Waals surface area contributed by atoms with E-state index in [0.717, 1.165) is 18.9 Å². The predicted octanol–water partition coefficient (Wildman–Crippen LogP) is 1.60. The maximum Gasteiger partial charge on any atom is 0.435 e. The summed E-state index contributed by atoms with van der Waals surface area (Å²) in [6.45, 7) is 0.719. The molecule has 1 N–H and O–H groups in total. The molecule has 2 aromatic heterocycles. The summed E-state index contributed by atoms with van der Waals surface area (Å²) in [7, 11) is 0. The number of alkyl halides is 3. The van der Waals surface area contributed by atoms with Crippen LogP contribution in [-0.4, -0.2) is 48.4 Å². The number of hydrogen-bond acceptors (Lipinski definition) is 4. The van der Waals surface area contributed by atoms with Gasteiger partial charge in [0, 0.05) is 25.2 Å². The number of amides is 1. The monoisotopic (exact) mass is 370 g/mol. The third-order valence-corrected chi connectivity index (χ3v) is 4.86. The van der Waals surface area contributed by atoms with Gasteiger partial charge in [0.25, 0.3) is 5.91 Å². The molecule has 2 fully saturated rings. The third kappa shape index (κ3) is 3.01. The standard InChI is InChI=1S/C15H17F3N6O2/c16-15(17,18)12-7-11(24(21-12)10-1-2-10)13(25)22-5-3-9(4-6-22)23-8-19-20-14(23)26/h7-10H,1-6H2,(H,20,26). The molecule has 0 unspecified atom stereocenters. The zero-order valence-electron chi connectivity index (χ0n) is 13.7. The van der Waals surface area contributed by atoms with E-state index in [0.29, 0.717) is 25.9 Å². The lowest BCUT2D eigenvalue weighted by molar-refractivity contribution is -0.141. The van der Waals surface area contributed by atoms with Crippen molar-refractivity contribution in [3.8, 4) is 0 Å². The SMILES string of the molecule is O=C(c1cc(C(F)(F)F)nn1C1CC1)N1CCC(n2cn[nH]c2=O)CC1. The first kappa shape index (κ1) is 16.9. The summed E-state index contributed by atoms with van der Waals surface area (Å²) in [5.41, 5.74) is -1.36. The van der Waals surface area contributed by atoms with Gasteiger partial charge >= 0.3 is 11.9 Å². The second kappa shape index (κ2) is 5.99. The molecule has 0 atom stereocenters. The van der Waals surface area contributed by atoms with E-state index in [2.05, 4.69) is 15.3 Å². The Bertz CT molecular complexity index is 871. The molecule has 1 aliphatic heterocycles. The van der Waals surface area contributed by atoms with Crippen LogP contribution in [0.3, 0.4) is 0 Å². The normalized spacial score (nSPS) is 19.1. The number of halogens is 3. The van der Waals surface area contributed by atoms with Gasteiger partial charge in [-0.05, 0) is 25.7 Å². The van der Waals surface area contributed by atoms with Crippen molar-refractivity contribution in [1.82, 2.24) is 29.4 Å². The lowest BCUT2D eigenvalue weighted by Gasteiger charge is -2.32. The number of nitrogens with one attached hydrogen (secondary N) is 1. The van der Waals surface area contributed by atoms with Gasteiger partial charge in [0.2, 0.25) is 0 Å². The van der Waals surface area contributed by atoms with E-state index in [9.17, 15) is 22.8 Å². The number of aromatic nitrogens is 5. The highest BCUT2D eigenvalue weighted by Gasteiger charge is 2.39. The van der Waals surface area contributed by atoms with Crippen molar-refractivity contribution in [2.45, 2.75) is 43.9 Å². The fourth-order valence-electron chi connectivity index (χ4n) is 3.32. The van der Waals surface area contributed by atoms with Gasteiger partial charge in [0.1, 0.15) is 12.0 Å². The van der Waals surface area contributed by atoms with Gasteiger partial charge < -0.3 is 4.90 Å². The van der Waals surface area contributed by atoms with E-state index in [1.54, 1.807) is 0 Å². The molecular weight excluding hydrogens is 353 g/mol. The molecule has 2 aliphatic rings. The van der Waals surface area contributed by atoms with Gasteiger partial charge in [-0.25, -0.2) is 9.89 Å². The number of nitrogens with zero attached hydrogens (tertiary/aromatic N) is 5. The van der Waals surface area contributed by atoms with Crippen molar-refractivity contribution in [2.75, 3.05) is 13.1 Å². The lowest BCUT2D eigenvalue weighted by Crippen LogP contribution is -2.41. The number of piperidine rings is 1. The van der Waals surface area contributed by atoms with Crippen molar-refractivity contribution in [1.29, 1.82) is 0 Å². The van der Waals surface area contributed by atoms with Crippen molar-refractivity contribution in [3.63, 3.8) is 0 Å². The predicted molar refractivity (Wildman–Crippen MR) is 82.5 cm³/mol. The fraction of sp³-hybridized carbons (Fsp3) is 0.600. The summed E-state index contributed by atoms with van der Waals surface area (Å²) in [4.78, 5) is 25.9. The van der Waals surface area contributed by atoms with Crippen LogP contribution in [0, 0.1) is 0 Å². The molecule has 8 nitrogen and oxygen atoms in total. The van der Waals surface area contributed by atoms with Crippen LogP contribution in [0.5, 0.6) is 0 Å². The molecule has 1 amide bonds. The second-order valence-corrected chi connectivity index (χ2v) is 6.68. The van der Waals surface area contributed by atoms with Crippen LogP contribution in [0.15, 0.2) is 17.2 Å². The lowest BCUT2D eigenvalue weighted by atomic mass is 10.0. The summed E-state index contributed by atoms with van der Waals surface area (Å²) in [5, 5.41) is 9.63. The Labute approximate surface area is 145 Å². The van der Waals surface area contributed by atoms with Crippen molar-refractivity contribution < 1.29 is 18.0 Å². The van der Waals surface area contributed by atoms with Crippen LogP contribution in [0.4, 0.5) is 13.2 Å². The number of hydrogen-bond donors (Lipinski definition) is 1. The molecular formula is C15H17F3N6O2. The number of carbonyl (C=O) groups excluding carboxylic acids is 1. The third-order valence-electron chi connectivity index (χ3n) is 4.86. The highest BCUT2D eigenvalue weighted by atomic mass is 19.4. The summed E-state index contributed by atoms with van der Waals surface area (Å²) >= 11 is 0. The van der Waals surface area contributed by atoms with E-state index < -0.39 is 17.8 Å². The van der Waals surface area contributed by atoms with E-state index in [1.807, 2.05) is 0 Å². The minimum Gasteiger partial charge on any atom is -0.337 e. The van der Waals surface area contributed by atoms with Crippen molar-refractivity contribution in [3.05, 3.63) is 34.3 Å². The first-order valence-corrected chi connectivity index (χ1v) is 8.42. The van der Waals surface area contributed by atoms with E-state index in [4.69, 9.17) is 0 Å². The second-order valence-electron chi connectivity index (χ2n) is 6.68. The minimum atomic E-state index is -4.58. The van der Waals surface area contributed by atoms with Gasteiger partial charge in [0.05, 0.1) is 6.04 Å². The van der Waals surface area contributed by atoms with E-state index >= 15 is 0 Å². The van der Waals surface area contributed by atoms with Gasteiger partial charge in [-0.2, -0.15) is 23.4 Å². The number of aromatic amines is 1. The molecule has 2 aromatic rings. The molecule has 1 saturated heterocycles. The number of likely N-dealkylation sites (tertiary alicyclic amines) is 1. The van der Waals surface area contributed by atoms with Crippen molar-refractivity contribution in [2.24, 2.45) is 0 Å². The topological polar surface area (TPSA) is 88.8 Å². The Morgan fingerprint density at radius 3 is 2.38 bits per heavy atom. The van der Waals surface area contributed by atoms with Crippen LogP contribution in [0.25, 0.3) is 0 Å². The average molecular weight is 370 g/mol. The molecule has 0 spiro atoms. The Morgan fingerprint density at radius 1 is 1.15 bits per heavy atom. The minimum absolute atomic E-state index is 0.0150.